The number of rotatable bonds is 3. The minimum Gasteiger partial charge on any atom is -0.399 e. The van der Waals surface area contributed by atoms with Crippen LogP contribution in [0.5, 0.6) is 0 Å². The maximum Gasteiger partial charge on any atom is 0.197 e. The number of nitrogens with one attached hydrogen (secondary N) is 1. The van der Waals surface area contributed by atoms with Gasteiger partial charge < -0.3 is 10.7 Å². The van der Waals surface area contributed by atoms with Crippen LogP contribution in [0.25, 0.3) is 11.0 Å². The van der Waals surface area contributed by atoms with Gasteiger partial charge in [0.05, 0.1) is 21.8 Å². The molecule has 1 unspecified atom stereocenters. The van der Waals surface area contributed by atoms with Crippen molar-refractivity contribution in [2.45, 2.75) is 18.5 Å². The molecule has 0 radical (unpaired) electrons. The van der Waals surface area contributed by atoms with Crippen molar-refractivity contribution < 1.29 is 4.21 Å². The number of nitrogens with zero attached hydrogens (tertiary/aromatic N) is 1. The predicted octanol–water partition coefficient (Wildman–Crippen LogP) is 1.66. The predicted molar refractivity (Wildman–Crippen MR) is 62.1 cm³/mol. The van der Waals surface area contributed by atoms with Crippen molar-refractivity contribution in [2.24, 2.45) is 0 Å². The van der Waals surface area contributed by atoms with E-state index in [1.165, 1.54) is 0 Å². The van der Waals surface area contributed by atoms with Crippen LogP contribution in [0.1, 0.15) is 13.3 Å². The summed E-state index contributed by atoms with van der Waals surface area (Å²) < 4.78 is 11.7. The van der Waals surface area contributed by atoms with Gasteiger partial charge in [0.1, 0.15) is 0 Å². The van der Waals surface area contributed by atoms with Crippen molar-refractivity contribution in [3.05, 3.63) is 18.2 Å². The molecule has 1 heterocycles. The summed E-state index contributed by atoms with van der Waals surface area (Å²) in [7, 11) is -1.03. The van der Waals surface area contributed by atoms with Gasteiger partial charge in [-0.25, -0.2) is 4.98 Å². The van der Waals surface area contributed by atoms with E-state index in [0.717, 1.165) is 17.5 Å². The van der Waals surface area contributed by atoms with Gasteiger partial charge in [-0.3, -0.25) is 4.21 Å². The standard InChI is InChI=1S/C10H13N3OS/c1-2-5-15(14)10-12-8-4-3-7(11)6-9(8)13-10/h3-4,6H,2,5,11H2,1H3,(H,12,13). The molecule has 3 N–H and O–H groups in total. The molecule has 0 bridgehead atoms. The normalized spacial score (nSPS) is 13.1. The lowest BCUT2D eigenvalue weighted by molar-refractivity contribution is 0.676. The molecule has 0 aliphatic heterocycles. The van der Waals surface area contributed by atoms with Gasteiger partial charge >= 0.3 is 0 Å². The second-order valence-corrected chi connectivity index (χ2v) is 4.85. The fourth-order valence-corrected chi connectivity index (χ4v) is 2.38. The third-order valence-electron chi connectivity index (χ3n) is 2.09. The van der Waals surface area contributed by atoms with Gasteiger partial charge in [0, 0.05) is 11.4 Å². The van der Waals surface area contributed by atoms with Crippen molar-refractivity contribution in [3.8, 4) is 0 Å². The van der Waals surface area contributed by atoms with Gasteiger partial charge in [-0.05, 0) is 24.6 Å². The summed E-state index contributed by atoms with van der Waals surface area (Å²) in [6, 6.07) is 5.42. The summed E-state index contributed by atoms with van der Waals surface area (Å²) in [6.45, 7) is 2.00. The fourth-order valence-electron chi connectivity index (χ4n) is 1.39. The van der Waals surface area contributed by atoms with Crippen LogP contribution in [-0.4, -0.2) is 19.9 Å². The number of anilines is 1. The maximum absolute atomic E-state index is 11.7. The Morgan fingerprint density at radius 3 is 3.07 bits per heavy atom. The molecule has 15 heavy (non-hydrogen) atoms. The largest absolute Gasteiger partial charge is 0.399 e. The van der Waals surface area contributed by atoms with Crippen LogP contribution in [0.15, 0.2) is 23.4 Å². The number of imidazole rings is 1. The number of hydrogen-bond acceptors (Lipinski definition) is 3. The monoisotopic (exact) mass is 223 g/mol. The average Bonchev–Trinajstić information content (AvgIpc) is 2.60. The summed E-state index contributed by atoms with van der Waals surface area (Å²) in [5.74, 6) is 0.634. The molecule has 1 aromatic carbocycles. The Balaban J connectivity index is 2.42. The number of hydrogen-bond donors (Lipinski definition) is 2. The van der Waals surface area contributed by atoms with Crippen molar-refractivity contribution in [2.75, 3.05) is 11.5 Å². The van der Waals surface area contributed by atoms with Crippen LogP contribution >= 0.6 is 0 Å². The molecule has 0 saturated carbocycles. The van der Waals surface area contributed by atoms with Gasteiger partial charge in [0.15, 0.2) is 5.16 Å². The highest BCUT2D eigenvalue weighted by atomic mass is 32.2. The first-order chi connectivity index (χ1) is 7.20. The Hall–Kier alpha value is -1.36. The first kappa shape index (κ1) is 10.2. The maximum atomic E-state index is 11.7. The number of aromatic nitrogens is 2. The first-order valence-electron chi connectivity index (χ1n) is 4.84. The Morgan fingerprint density at radius 1 is 1.53 bits per heavy atom. The number of nitrogen functional groups attached to an aromatic ring is 1. The molecule has 1 aromatic heterocycles. The Labute approximate surface area is 90.4 Å². The number of aromatic amines is 1. The highest BCUT2D eigenvalue weighted by molar-refractivity contribution is 7.84. The lowest BCUT2D eigenvalue weighted by Gasteiger charge is -1.92. The molecule has 0 fully saturated rings. The third-order valence-corrected chi connectivity index (χ3v) is 3.49. The molecule has 0 aliphatic rings. The Morgan fingerprint density at radius 2 is 2.33 bits per heavy atom. The second kappa shape index (κ2) is 4.02. The van der Waals surface area contributed by atoms with Gasteiger partial charge in [0.2, 0.25) is 0 Å². The van der Waals surface area contributed by atoms with E-state index in [2.05, 4.69) is 9.97 Å². The number of fused-ring (bicyclic) bond motifs is 1. The molecule has 4 nitrogen and oxygen atoms in total. The number of benzene rings is 1. The fraction of sp³-hybridized carbons (Fsp3) is 0.300. The minimum absolute atomic E-state index is 0.539. The molecule has 0 spiro atoms. The van der Waals surface area contributed by atoms with E-state index in [-0.39, 0.29) is 0 Å². The Bertz CT molecular complexity index is 506. The zero-order valence-corrected chi connectivity index (χ0v) is 9.30. The highest BCUT2D eigenvalue weighted by Crippen LogP contribution is 2.16. The summed E-state index contributed by atoms with van der Waals surface area (Å²) in [5, 5.41) is 0.539. The lowest BCUT2D eigenvalue weighted by Crippen LogP contribution is -1.98. The topological polar surface area (TPSA) is 71.8 Å². The van der Waals surface area contributed by atoms with E-state index in [9.17, 15) is 4.21 Å². The summed E-state index contributed by atoms with van der Waals surface area (Å²) in [6.07, 6.45) is 0.881. The Kier molecular flexibility index (Phi) is 2.73. The molecule has 5 heteroatoms. The van der Waals surface area contributed by atoms with Crippen molar-refractivity contribution in [3.63, 3.8) is 0 Å². The molecule has 0 aliphatic carbocycles. The van der Waals surface area contributed by atoms with E-state index in [1.807, 2.05) is 13.0 Å². The van der Waals surface area contributed by atoms with Gasteiger partial charge in [-0.1, -0.05) is 6.92 Å². The van der Waals surface area contributed by atoms with E-state index in [0.29, 0.717) is 16.6 Å². The van der Waals surface area contributed by atoms with E-state index in [4.69, 9.17) is 5.73 Å². The summed E-state index contributed by atoms with van der Waals surface area (Å²) >= 11 is 0. The van der Waals surface area contributed by atoms with E-state index >= 15 is 0 Å². The zero-order chi connectivity index (χ0) is 10.8. The van der Waals surface area contributed by atoms with Gasteiger partial charge in [0.25, 0.3) is 0 Å². The van der Waals surface area contributed by atoms with E-state index in [1.54, 1.807) is 12.1 Å². The quantitative estimate of drug-likeness (QED) is 0.777. The van der Waals surface area contributed by atoms with Crippen LogP contribution < -0.4 is 5.73 Å². The highest BCUT2D eigenvalue weighted by Gasteiger charge is 2.08. The van der Waals surface area contributed by atoms with Gasteiger partial charge in [-0.2, -0.15) is 0 Å². The molecule has 2 rings (SSSR count). The SMILES string of the molecule is CCCS(=O)c1nc2ccc(N)cc2[nH]1. The zero-order valence-electron chi connectivity index (χ0n) is 8.49. The minimum atomic E-state index is -1.03. The van der Waals surface area contributed by atoms with Crippen LogP contribution in [0, 0.1) is 0 Å². The average molecular weight is 223 g/mol. The van der Waals surface area contributed by atoms with Crippen LogP contribution in [-0.2, 0) is 10.8 Å². The number of H-pyrrole nitrogens is 1. The molecular weight excluding hydrogens is 210 g/mol. The van der Waals surface area contributed by atoms with Crippen molar-refractivity contribution >= 4 is 27.5 Å². The van der Waals surface area contributed by atoms with Gasteiger partial charge in [-0.15, -0.1) is 0 Å². The molecule has 80 valence electrons. The van der Waals surface area contributed by atoms with E-state index < -0.39 is 10.8 Å². The summed E-state index contributed by atoms with van der Waals surface area (Å²) in [4.78, 5) is 7.29. The molecular formula is C10H13N3OS. The number of nitrogens with two attached hydrogens (primary N) is 1. The van der Waals surface area contributed by atoms with Crippen LogP contribution in [0.3, 0.4) is 0 Å². The lowest BCUT2D eigenvalue weighted by atomic mass is 10.3. The smallest absolute Gasteiger partial charge is 0.197 e. The molecule has 0 amide bonds. The second-order valence-electron chi connectivity index (χ2n) is 3.37. The third kappa shape index (κ3) is 2.02. The van der Waals surface area contributed by atoms with Crippen molar-refractivity contribution in [1.82, 2.24) is 9.97 Å². The van der Waals surface area contributed by atoms with Crippen LogP contribution in [0.4, 0.5) is 5.69 Å². The molecule has 0 saturated heterocycles. The van der Waals surface area contributed by atoms with Crippen molar-refractivity contribution in [1.29, 1.82) is 0 Å². The van der Waals surface area contributed by atoms with Crippen LogP contribution in [0.2, 0.25) is 0 Å². The molecule has 1 atom stereocenters. The summed E-state index contributed by atoms with van der Waals surface area (Å²) in [5.41, 5.74) is 7.97. The first-order valence-corrected chi connectivity index (χ1v) is 6.16. The molecule has 2 aromatic rings.